The first-order valence-corrected chi connectivity index (χ1v) is 17.4. The molecule has 4 saturated carbocycles. The summed E-state index contributed by atoms with van der Waals surface area (Å²) in [7, 11) is 0. The first-order valence-electron chi connectivity index (χ1n) is 17.4. The van der Waals surface area contributed by atoms with Crippen molar-refractivity contribution < 1.29 is 14.6 Å². The molecule has 0 unspecified atom stereocenters. The molecular weight excluding hydrogens is 518 g/mol. The number of esters is 1. The average Bonchev–Trinajstić information content (AvgIpc) is 3.30. The Bertz CT molecular complexity index is 1180. The number of carbonyl (C=O) groups is 1. The maximum absolute atomic E-state index is 12.8. The molecule has 0 radical (unpaired) electrons. The number of allylic oxidation sites excluding steroid dienone is 5. The lowest BCUT2D eigenvalue weighted by Gasteiger charge is -2.72. The van der Waals surface area contributed by atoms with E-state index >= 15 is 0 Å². The van der Waals surface area contributed by atoms with E-state index in [0.29, 0.717) is 54.0 Å². The highest BCUT2D eigenvalue weighted by Gasteiger charge is 2.69. The summed E-state index contributed by atoms with van der Waals surface area (Å²) in [5.41, 5.74) is 10.4. The fourth-order valence-corrected chi connectivity index (χ4v) is 12.9. The molecular formula is C38H59NO3. The second-order valence-corrected chi connectivity index (χ2v) is 17.0. The largest absolute Gasteiger partial charge is 0.465 e. The average molecular weight is 578 g/mol. The fourth-order valence-electron chi connectivity index (χ4n) is 12.9. The molecule has 0 bridgehead atoms. The van der Waals surface area contributed by atoms with Gasteiger partial charge in [0, 0.05) is 5.54 Å². The highest BCUT2D eigenvalue weighted by atomic mass is 16.5. The monoisotopic (exact) mass is 577 g/mol. The van der Waals surface area contributed by atoms with Gasteiger partial charge in [0.1, 0.15) is 0 Å². The van der Waals surface area contributed by atoms with Gasteiger partial charge in [0.05, 0.1) is 18.6 Å². The third-order valence-corrected chi connectivity index (χ3v) is 15.4. The van der Waals surface area contributed by atoms with E-state index in [1.54, 1.807) is 0 Å². The Morgan fingerprint density at radius 2 is 1.74 bits per heavy atom. The van der Waals surface area contributed by atoms with Crippen molar-refractivity contribution in [3.05, 3.63) is 36.0 Å². The number of aliphatic hydroxyl groups excluding tert-OH is 1. The molecule has 234 valence electrons. The van der Waals surface area contributed by atoms with Crippen molar-refractivity contribution in [1.29, 1.82) is 0 Å². The van der Waals surface area contributed by atoms with Gasteiger partial charge in [-0.15, -0.1) is 6.58 Å². The van der Waals surface area contributed by atoms with E-state index < -0.39 is 5.41 Å². The molecule has 0 spiro atoms. The van der Waals surface area contributed by atoms with Crippen molar-refractivity contribution in [2.75, 3.05) is 13.2 Å². The summed E-state index contributed by atoms with van der Waals surface area (Å²) in [4.78, 5) is 12.8. The summed E-state index contributed by atoms with van der Waals surface area (Å²) < 4.78 is 5.37. The van der Waals surface area contributed by atoms with E-state index in [1.807, 2.05) is 6.92 Å². The number of nitrogens with two attached hydrogens (primary N) is 1. The molecule has 0 aromatic heterocycles. The van der Waals surface area contributed by atoms with Gasteiger partial charge in [-0.2, -0.15) is 0 Å². The maximum Gasteiger partial charge on any atom is 0.314 e. The van der Waals surface area contributed by atoms with Crippen LogP contribution < -0.4 is 5.73 Å². The van der Waals surface area contributed by atoms with E-state index in [9.17, 15) is 9.90 Å². The normalized spacial score (nSPS) is 49.4. The first kappa shape index (κ1) is 30.6. The van der Waals surface area contributed by atoms with Crippen LogP contribution in [0.25, 0.3) is 0 Å². The van der Waals surface area contributed by atoms with Crippen LogP contribution in [0, 0.1) is 56.7 Å². The third kappa shape index (κ3) is 3.95. The Morgan fingerprint density at radius 1 is 0.976 bits per heavy atom. The molecule has 6 rings (SSSR count). The lowest BCUT2D eigenvalue weighted by Crippen LogP contribution is -2.67. The quantitative estimate of drug-likeness (QED) is 0.255. The number of fused-ring (bicyclic) bond motifs is 7. The molecule has 0 aromatic carbocycles. The minimum absolute atomic E-state index is 0.0203. The molecule has 0 amide bonds. The third-order valence-electron chi connectivity index (χ3n) is 15.4. The second kappa shape index (κ2) is 10.1. The Kier molecular flexibility index (Phi) is 7.34. The fraction of sp³-hybridized carbons (Fsp3) is 0.816. The van der Waals surface area contributed by atoms with Gasteiger partial charge in [-0.05, 0) is 146 Å². The standard InChI is InChI=1S/C38H59NO3/c1-8-25-14-21-38(39)23-22-35(6)28(31(25)38)10-11-30-34(5)17-15-27(33(3,4)29(34)16-18-36(30,35)7)26-12-19-37(24-40,20-13-26)32(41)42-9-2/h8,12,15,25,28-31,40H,1,9-11,13-14,16-24,39H2,2-7H3/t25-,28-,29+,30-,31-,34+,35-,36-,37+,38+/m1/s1. The highest BCUT2D eigenvalue weighted by Crippen LogP contribution is 2.76. The SMILES string of the molecule is C=C[C@@H]1CC[C@]2(N)CC[C@]3(C)[C@H](CC[C@@H]4[C@@]5(C)CC=C(C6=CC[C@](CO)(C(=O)OCC)CC6)C(C)(C)[C@@H]5CC[C@]43C)[C@@H]12. The summed E-state index contributed by atoms with van der Waals surface area (Å²) in [6.45, 7) is 19.4. The minimum atomic E-state index is -0.779. The molecule has 10 atom stereocenters. The number of hydrogen-bond donors (Lipinski definition) is 2. The van der Waals surface area contributed by atoms with Gasteiger partial charge in [0.2, 0.25) is 0 Å². The molecule has 0 saturated heterocycles. The number of aliphatic hydroxyl groups is 1. The van der Waals surface area contributed by atoms with E-state index in [2.05, 4.69) is 59.4 Å². The van der Waals surface area contributed by atoms with Crippen LogP contribution in [0.2, 0.25) is 0 Å². The number of carbonyl (C=O) groups excluding carboxylic acids is 1. The van der Waals surface area contributed by atoms with Crippen LogP contribution >= 0.6 is 0 Å². The Balaban J connectivity index is 1.30. The van der Waals surface area contributed by atoms with Crippen molar-refractivity contribution in [1.82, 2.24) is 0 Å². The van der Waals surface area contributed by atoms with Gasteiger partial charge in [0.15, 0.2) is 0 Å². The predicted octanol–water partition coefficient (Wildman–Crippen LogP) is 8.15. The lowest BCUT2D eigenvalue weighted by molar-refractivity contribution is -0.218. The molecule has 4 heteroatoms. The zero-order valence-electron chi connectivity index (χ0n) is 27.6. The van der Waals surface area contributed by atoms with Crippen molar-refractivity contribution in [3.63, 3.8) is 0 Å². The lowest BCUT2D eigenvalue weighted by atomic mass is 9.33. The number of rotatable bonds is 5. The molecule has 6 aliphatic rings. The zero-order chi connectivity index (χ0) is 30.3. The van der Waals surface area contributed by atoms with Crippen LogP contribution in [0.3, 0.4) is 0 Å². The van der Waals surface area contributed by atoms with Gasteiger partial charge < -0.3 is 15.6 Å². The summed E-state index contributed by atoms with van der Waals surface area (Å²) in [6.07, 6.45) is 20.5. The Morgan fingerprint density at radius 3 is 2.38 bits per heavy atom. The molecule has 6 aliphatic carbocycles. The first-order chi connectivity index (χ1) is 19.8. The van der Waals surface area contributed by atoms with Gasteiger partial charge in [0.25, 0.3) is 0 Å². The summed E-state index contributed by atoms with van der Waals surface area (Å²) in [5.74, 6) is 3.03. The minimum Gasteiger partial charge on any atom is -0.465 e. The van der Waals surface area contributed by atoms with Gasteiger partial charge >= 0.3 is 5.97 Å². The summed E-state index contributed by atoms with van der Waals surface area (Å²) in [6, 6.07) is 0. The molecule has 0 aliphatic heterocycles. The van der Waals surface area contributed by atoms with E-state index in [4.69, 9.17) is 10.5 Å². The van der Waals surface area contributed by atoms with Gasteiger partial charge in [-0.25, -0.2) is 0 Å². The second-order valence-electron chi connectivity index (χ2n) is 17.0. The van der Waals surface area contributed by atoms with Crippen molar-refractivity contribution in [2.45, 2.75) is 124 Å². The Hall–Kier alpha value is -1.39. The van der Waals surface area contributed by atoms with Crippen LogP contribution in [-0.2, 0) is 9.53 Å². The molecule has 4 fully saturated rings. The maximum atomic E-state index is 12.8. The summed E-state index contributed by atoms with van der Waals surface area (Å²) in [5, 5.41) is 10.2. The molecule has 42 heavy (non-hydrogen) atoms. The van der Waals surface area contributed by atoms with Crippen LogP contribution in [0.5, 0.6) is 0 Å². The topological polar surface area (TPSA) is 72.5 Å². The Labute approximate surface area is 256 Å². The molecule has 0 aromatic rings. The van der Waals surface area contributed by atoms with E-state index in [0.717, 1.165) is 18.8 Å². The van der Waals surface area contributed by atoms with Gasteiger partial charge in [-0.1, -0.05) is 52.8 Å². The van der Waals surface area contributed by atoms with Crippen LogP contribution in [-0.4, -0.2) is 29.8 Å². The van der Waals surface area contributed by atoms with Crippen LogP contribution in [0.1, 0.15) is 119 Å². The molecule has 4 nitrogen and oxygen atoms in total. The van der Waals surface area contributed by atoms with Crippen molar-refractivity contribution >= 4 is 5.97 Å². The smallest absolute Gasteiger partial charge is 0.314 e. The number of ether oxygens (including phenoxy) is 1. The molecule has 3 N–H and O–H groups in total. The molecule has 0 heterocycles. The van der Waals surface area contributed by atoms with Crippen LogP contribution in [0.15, 0.2) is 36.0 Å². The highest BCUT2D eigenvalue weighted by molar-refractivity contribution is 5.77. The van der Waals surface area contributed by atoms with Crippen molar-refractivity contribution in [3.8, 4) is 0 Å². The number of hydrogen-bond acceptors (Lipinski definition) is 4. The summed E-state index contributed by atoms with van der Waals surface area (Å²) >= 11 is 0. The predicted molar refractivity (Wildman–Crippen MR) is 170 cm³/mol. The zero-order valence-corrected chi connectivity index (χ0v) is 27.6. The van der Waals surface area contributed by atoms with Gasteiger partial charge in [-0.3, -0.25) is 4.79 Å². The van der Waals surface area contributed by atoms with Crippen LogP contribution in [0.4, 0.5) is 0 Å². The van der Waals surface area contributed by atoms with Crippen molar-refractivity contribution in [2.24, 2.45) is 62.4 Å². The van der Waals surface area contributed by atoms with E-state index in [1.165, 1.54) is 62.5 Å². The van der Waals surface area contributed by atoms with E-state index in [-0.39, 0.29) is 28.9 Å².